The highest BCUT2D eigenvalue weighted by atomic mass is 32.2. The molecule has 5 aromatic rings. The molecule has 210 valence electrons. The molecule has 0 N–H and O–H groups in total. The van der Waals surface area contributed by atoms with Crippen LogP contribution in [0.15, 0.2) is 100 Å². The zero-order valence-electron chi connectivity index (χ0n) is 22.6. The largest absolute Gasteiger partial charge is 0.464 e. The van der Waals surface area contributed by atoms with Crippen molar-refractivity contribution >= 4 is 49.6 Å². The maximum atomic E-state index is 14.4. The molecule has 10 heteroatoms. The molecule has 41 heavy (non-hydrogen) atoms. The number of rotatable bonds is 8. The molecule has 2 aromatic heterocycles. The van der Waals surface area contributed by atoms with Gasteiger partial charge >= 0.3 is 0 Å². The first-order valence-corrected chi connectivity index (χ1v) is 15.8. The molecule has 1 aliphatic heterocycles. The number of aryl methyl sites for hydroxylation is 1. The molecule has 1 fully saturated rings. The van der Waals surface area contributed by atoms with E-state index in [9.17, 15) is 13.2 Å². The van der Waals surface area contributed by atoms with Gasteiger partial charge in [0.1, 0.15) is 10.5 Å². The summed E-state index contributed by atoms with van der Waals surface area (Å²) in [5.74, 6) is -0.0163. The third-order valence-corrected chi connectivity index (χ3v) is 10.0. The summed E-state index contributed by atoms with van der Waals surface area (Å²) in [6.45, 7) is 4.44. The van der Waals surface area contributed by atoms with Gasteiger partial charge in [0.05, 0.1) is 34.2 Å². The van der Waals surface area contributed by atoms with Crippen LogP contribution in [-0.2, 0) is 16.4 Å². The van der Waals surface area contributed by atoms with Crippen molar-refractivity contribution < 1.29 is 17.6 Å². The van der Waals surface area contributed by atoms with E-state index in [2.05, 4.69) is 9.88 Å². The molecule has 0 saturated carbocycles. The summed E-state index contributed by atoms with van der Waals surface area (Å²) in [6, 6.07) is 22.6. The van der Waals surface area contributed by atoms with Crippen LogP contribution in [0.3, 0.4) is 0 Å². The first-order valence-electron chi connectivity index (χ1n) is 13.5. The van der Waals surface area contributed by atoms with Gasteiger partial charge in [0.15, 0.2) is 0 Å². The molecule has 3 aromatic carbocycles. The van der Waals surface area contributed by atoms with Crippen molar-refractivity contribution in [1.82, 2.24) is 9.88 Å². The summed E-state index contributed by atoms with van der Waals surface area (Å²) in [6.07, 6.45) is 3.80. The number of hydrogen-bond donors (Lipinski definition) is 0. The molecule has 6 rings (SSSR count). The number of fused-ring (bicyclic) bond motifs is 1. The molecule has 1 saturated heterocycles. The van der Waals surface area contributed by atoms with Crippen molar-refractivity contribution in [2.75, 3.05) is 41.9 Å². The van der Waals surface area contributed by atoms with Crippen LogP contribution in [0.25, 0.3) is 11.0 Å². The lowest BCUT2D eigenvalue weighted by atomic mass is 10.1. The van der Waals surface area contributed by atoms with E-state index < -0.39 is 10.0 Å². The third kappa shape index (κ3) is 5.45. The number of carbonyl (C=O) groups excluding carboxylic acids is 1. The van der Waals surface area contributed by atoms with Crippen molar-refractivity contribution in [2.45, 2.75) is 18.2 Å². The van der Waals surface area contributed by atoms with Gasteiger partial charge in [0.25, 0.3) is 15.9 Å². The average Bonchev–Trinajstić information content (AvgIpc) is 3.68. The predicted molar refractivity (Wildman–Crippen MR) is 162 cm³/mol. The Morgan fingerprint density at radius 1 is 1.00 bits per heavy atom. The highest BCUT2D eigenvalue weighted by molar-refractivity contribution is 7.92. The number of amides is 1. The normalized spacial score (nSPS) is 14.0. The number of carbonyl (C=O) groups is 1. The zero-order chi connectivity index (χ0) is 28.4. The maximum Gasteiger partial charge on any atom is 0.265 e. The molecule has 0 aliphatic carbocycles. The number of furan rings is 1. The Hall–Kier alpha value is -4.15. The Kier molecular flexibility index (Phi) is 7.51. The smallest absolute Gasteiger partial charge is 0.265 e. The van der Waals surface area contributed by atoms with E-state index in [0.717, 1.165) is 22.2 Å². The van der Waals surface area contributed by atoms with Crippen molar-refractivity contribution in [2.24, 2.45) is 0 Å². The Morgan fingerprint density at radius 2 is 1.76 bits per heavy atom. The summed E-state index contributed by atoms with van der Waals surface area (Å²) in [5, 5.41) is 0.782. The lowest BCUT2D eigenvalue weighted by Crippen LogP contribution is -2.49. The third-order valence-electron chi connectivity index (χ3n) is 7.47. The van der Waals surface area contributed by atoms with E-state index in [1.165, 1.54) is 15.6 Å². The fraction of sp³-hybridized carbons (Fsp3) is 0.226. The van der Waals surface area contributed by atoms with Gasteiger partial charge in [-0.1, -0.05) is 42.5 Å². The molecular formula is C31H30N4O4S2. The first-order chi connectivity index (χ1) is 19.9. The Labute approximate surface area is 243 Å². The predicted octanol–water partition coefficient (Wildman–Crippen LogP) is 5.60. The minimum Gasteiger partial charge on any atom is -0.464 e. The second kappa shape index (κ2) is 11.4. The van der Waals surface area contributed by atoms with Crippen LogP contribution in [0.2, 0.25) is 0 Å². The summed E-state index contributed by atoms with van der Waals surface area (Å²) in [4.78, 5) is 21.7. The van der Waals surface area contributed by atoms with Crippen molar-refractivity contribution in [3.63, 3.8) is 0 Å². The number of para-hydroxylation sites is 2. The summed E-state index contributed by atoms with van der Waals surface area (Å²) in [7, 11) is -3.93. The van der Waals surface area contributed by atoms with Gasteiger partial charge in [0.2, 0.25) is 0 Å². The van der Waals surface area contributed by atoms with Gasteiger partial charge in [-0.25, -0.2) is 8.42 Å². The number of nitrogens with zero attached hydrogens (tertiary/aromatic N) is 4. The van der Waals surface area contributed by atoms with Crippen LogP contribution in [0, 0.1) is 6.92 Å². The Bertz CT molecular complexity index is 1760. The van der Waals surface area contributed by atoms with E-state index in [0.29, 0.717) is 48.7 Å². The zero-order valence-corrected chi connectivity index (χ0v) is 24.3. The van der Waals surface area contributed by atoms with Gasteiger partial charge < -0.3 is 14.2 Å². The maximum absolute atomic E-state index is 14.4. The molecule has 0 unspecified atom stereocenters. The van der Waals surface area contributed by atoms with Crippen LogP contribution in [0.5, 0.6) is 0 Å². The molecule has 1 amide bonds. The topological polar surface area (TPSA) is 87.0 Å². The lowest BCUT2D eigenvalue weighted by Gasteiger charge is -2.38. The average molecular weight is 587 g/mol. The van der Waals surface area contributed by atoms with E-state index in [4.69, 9.17) is 4.42 Å². The van der Waals surface area contributed by atoms with E-state index in [1.54, 1.807) is 36.2 Å². The number of benzene rings is 3. The van der Waals surface area contributed by atoms with Crippen molar-refractivity contribution in [3.8, 4) is 0 Å². The fourth-order valence-corrected chi connectivity index (χ4v) is 7.33. The van der Waals surface area contributed by atoms with Crippen LogP contribution >= 0.6 is 11.3 Å². The van der Waals surface area contributed by atoms with Crippen LogP contribution in [0.1, 0.15) is 20.8 Å². The highest BCUT2D eigenvalue weighted by Crippen LogP contribution is 2.35. The summed E-state index contributed by atoms with van der Waals surface area (Å²) >= 11 is 1.34. The number of hydrogen-bond acceptors (Lipinski definition) is 7. The number of aromatic nitrogens is 1. The summed E-state index contributed by atoms with van der Waals surface area (Å²) < 4.78 is 35.8. The van der Waals surface area contributed by atoms with E-state index in [1.807, 2.05) is 66.4 Å². The van der Waals surface area contributed by atoms with Crippen LogP contribution < -0.4 is 9.21 Å². The van der Waals surface area contributed by atoms with E-state index in [-0.39, 0.29) is 17.3 Å². The number of sulfonamides is 1. The molecule has 0 spiro atoms. The van der Waals surface area contributed by atoms with Crippen LogP contribution in [-0.4, -0.2) is 56.9 Å². The molecule has 8 nitrogen and oxygen atoms in total. The van der Waals surface area contributed by atoms with Gasteiger partial charge in [-0.15, -0.1) is 11.3 Å². The molecule has 0 radical (unpaired) electrons. The molecular weight excluding hydrogens is 556 g/mol. The van der Waals surface area contributed by atoms with Gasteiger partial charge in [-0.3, -0.25) is 14.1 Å². The molecule has 1 aliphatic rings. The first kappa shape index (κ1) is 27.0. The van der Waals surface area contributed by atoms with Gasteiger partial charge in [0, 0.05) is 38.1 Å². The van der Waals surface area contributed by atoms with Crippen LogP contribution in [0.4, 0.5) is 11.4 Å². The minimum atomic E-state index is -3.93. The lowest BCUT2D eigenvalue weighted by molar-refractivity contribution is 0.0751. The van der Waals surface area contributed by atoms with Gasteiger partial charge in [-0.2, -0.15) is 0 Å². The Morgan fingerprint density at radius 3 is 2.51 bits per heavy atom. The quantitative estimate of drug-likeness (QED) is 0.235. The van der Waals surface area contributed by atoms with E-state index >= 15 is 0 Å². The van der Waals surface area contributed by atoms with Gasteiger partial charge in [-0.05, 0) is 54.8 Å². The number of thiazole rings is 1. The fourth-order valence-electron chi connectivity index (χ4n) is 5.24. The highest BCUT2D eigenvalue weighted by Gasteiger charge is 2.30. The minimum absolute atomic E-state index is 0.0163. The molecule has 0 atom stereocenters. The van der Waals surface area contributed by atoms with Crippen molar-refractivity contribution in [3.05, 3.63) is 107 Å². The summed E-state index contributed by atoms with van der Waals surface area (Å²) in [5.41, 5.74) is 5.71. The number of piperazine rings is 1. The number of anilines is 2. The van der Waals surface area contributed by atoms with Crippen molar-refractivity contribution in [1.29, 1.82) is 0 Å². The second-order valence-corrected chi connectivity index (χ2v) is 12.8. The Balaban J connectivity index is 1.33. The standard InChI is InChI=1S/C31H30N4O4S2/c1-23-21-39-29-12-11-25(19-26(23)29)41(37,38)35(14-13-24-7-3-2-4-8-24)28-10-6-5-9-27(28)33-15-17-34(18-16-33)31(36)30-20-32-22-40-30/h2-12,19-22H,13-18H2,1H3. The molecule has 0 bridgehead atoms. The second-order valence-electron chi connectivity index (χ2n) is 10.0. The SMILES string of the molecule is Cc1coc2ccc(S(=O)(=O)N(CCc3ccccc3)c3ccccc3N3CCN(C(=O)c4cncs4)CC3)cc12. The monoisotopic (exact) mass is 586 g/mol. The molecule has 3 heterocycles.